The van der Waals surface area contributed by atoms with Gasteiger partial charge < -0.3 is 20.7 Å². The number of carbonyl (C=O) groups excluding carboxylic acids is 2. The van der Waals surface area contributed by atoms with Crippen LogP contribution in [0, 0.1) is 0 Å². The number of ether oxygens (including phenoxy) is 1. The number of carbonyl (C=O) groups is 3. The molecule has 0 saturated heterocycles. The van der Waals surface area contributed by atoms with Crippen LogP contribution in [0.1, 0.15) is 17.3 Å². The number of nitrogens with two attached hydrogens (primary N) is 1. The predicted molar refractivity (Wildman–Crippen MR) is 60.9 cm³/mol. The number of rotatable bonds is 2. The molecule has 1 aromatic carbocycles. The van der Waals surface area contributed by atoms with Crippen LogP contribution in [0.25, 0.3) is 0 Å². The number of para-hydroxylation sites is 1. The van der Waals surface area contributed by atoms with Crippen molar-refractivity contribution >= 4 is 17.9 Å². The number of aromatic hydroxyl groups is 1. The molecular formula is C11H13NO6. The normalized spacial score (nSPS) is 8.78. The lowest BCUT2D eigenvalue weighted by molar-refractivity contribution is -0.136. The molecule has 0 aromatic heterocycles. The Morgan fingerprint density at radius 1 is 1.28 bits per heavy atom. The first kappa shape index (κ1) is 15.6. The third-order valence-corrected chi connectivity index (χ3v) is 1.54. The van der Waals surface area contributed by atoms with Gasteiger partial charge in [0.15, 0.2) is 0 Å². The van der Waals surface area contributed by atoms with Crippen molar-refractivity contribution in [2.24, 2.45) is 5.73 Å². The molecule has 0 spiro atoms. The highest BCUT2D eigenvalue weighted by molar-refractivity contribution is 5.98. The van der Waals surface area contributed by atoms with Gasteiger partial charge in [0, 0.05) is 6.92 Å². The molecule has 18 heavy (non-hydrogen) atoms. The summed E-state index contributed by atoms with van der Waals surface area (Å²) in [5, 5.41) is 16.8. The monoisotopic (exact) mass is 255 g/mol. The first-order valence-electron chi connectivity index (χ1n) is 4.81. The standard InChI is InChI=1S/C9H8O4.C2H5NO2/c1-6(10)13-9(12)7-4-2-3-5-8(7)11;3-1-2(4)5/h2-5,11H,1H3;1,3H2,(H,4,5). The van der Waals surface area contributed by atoms with Crippen LogP contribution in [0.4, 0.5) is 0 Å². The summed E-state index contributed by atoms with van der Waals surface area (Å²) in [7, 11) is 0. The third kappa shape index (κ3) is 6.23. The van der Waals surface area contributed by atoms with E-state index in [1.165, 1.54) is 12.1 Å². The number of hydrogen-bond donors (Lipinski definition) is 3. The van der Waals surface area contributed by atoms with Crippen LogP contribution in [0.3, 0.4) is 0 Å². The van der Waals surface area contributed by atoms with Crippen molar-refractivity contribution in [1.29, 1.82) is 0 Å². The molecule has 0 aliphatic heterocycles. The number of hydrogen-bond acceptors (Lipinski definition) is 6. The van der Waals surface area contributed by atoms with E-state index in [9.17, 15) is 19.5 Å². The molecule has 1 aromatic rings. The molecule has 7 nitrogen and oxygen atoms in total. The number of carboxylic acid groups (broad SMARTS) is 1. The van der Waals surface area contributed by atoms with Crippen molar-refractivity contribution in [3.05, 3.63) is 29.8 Å². The number of phenolic OH excluding ortho intramolecular Hbond substituents is 1. The fourth-order valence-corrected chi connectivity index (χ4v) is 0.832. The Kier molecular flexibility index (Phi) is 6.75. The Morgan fingerprint density at radius 3 is 2.17 bits per heavy atom. The van der Waals surface area contributed by atoms with E-state index in [2.05, 4.69) is 10.5 Å². The lowest BCUT2D eigenvalue weighted by atomic mass is 10.2. The number of carboxylic acids is 1. The van der Waals surface area contributed by atoms with Crippen LogP contribution in [-0.2, 0) is 14.3 Å². The molecule has 0 aliphatic rings. The number of benzene rings is 1. The van der Waals surface area contributed by atoms with E-state index in [0.29, 0.717) is 0 Å². The summed E-state index contributed by atoms with van der Waals surface area (Å²) in [6, 6.07) is 5.85. The summed E-state index contributed by atoms with van der Waals surface area (Å²) in [5.41, 5.74) is 4.56. The van der Waals surface area contributed by atoms with E-state index in [1.54, 1.807) is 12.1 Å². The molecule has 0 radical (unpaired) electrons. The summed E-state index contributed by atoms with van der Waals surface area (Å²) in [5.74, 6) is -2.71. The van der Waals surface area contributed by atoms with Crippen molar-refractivity contribution in [3.63, 3.8) is 0 Å². The first-order chi connectivity index (χ1) is 8.38. The summed E-state index contributed by atoms with van der Waals surface area (Å²) in [6.45, 7) is 0.845. The maximum Gasteiger partial charge on any atom is 0.349 e. The molecule has 0 amide bonds. The molecule has 7 heteroatoms. The van der Waals surface area contributed by atoms with Crippen LogP contribution in [0.15, 0.2) is 24.3 Å². The van der Waals surface area contributed by atoms with Crippen LogP contribution in [-0.4, -0.2) is 34.7 Å². The highest BCUT2D eigenvalue weighted by Crippen LogP contribution is 2.16. The zero-order valence-corrected chi connectivity index (χ0v) is 9.62. The minimum atomic E-state index is -0.968. The Balaban J connectivity index is 0.000000494. The van der Waals surface area contributed by atoms with Gasteiger partial charge in [0.05, 0.1) is 6.54 Å². The fraction of sp³-hybridized carbons (Fsp3) is 0.182. The number of aliphatic carboxylic acids is 1. The van der Waals surface area contributed by atoms with Crippen LogP contribution in [0.5, 0.6) is 5.75 Å². The van der Waals surface area contributed by atoms with Gasteiger partial charge in [0.1, 0.15) is 11.3 Å². The van der Waals surface area contributed by atoms with E-state index in [0.717, 1.165) is 6.92 Å². The van der Waals surface area contributed by atoms with Crippen LogP contribution < -0.4 is 5.73 Å². The number of phenols is 1. The van der Waals surface area contributed by atoms with Gasteiger partial charge in [-0.2, -0.15) is 0 Å². The van der Waals surface area contributed by atoms with E-state index in [-0.39, 0.29) is 17.9 Å². The fourth-order valence-electron chi connectivity index (χ4n) is 0.832. The molecule has 0 fully saturated rings. The van der Waals surface area contributed by atoms with Crippen molar-refractivity contribution < 1.29 is 29.3 Å². The third-order valence-electron chi connectivity index (χ3n) is 1.54. The molecule has 1 rings (SSSR count). The van der Waals surface area contributed by atoms with Gasteiger partial charge in [-0.25, -0.2) is 4.79 Å². The lowest BCUT2D eigenvalue weighted by Crippen LogP contribution is -2.10. The van der Waals surface area contributed by atoms with Gasteiger partial charge in [-0.15, -0.1) is 0 Å². The van der Waals surface area contributed by atoms with Crippen LogP contribution >= 0.6 is 0 Å². The zero-order chi connectivity index (χ0) is 14.1. The second-order valence-corrected chi connectivity index (χ2v) is 3.00. The van der Waals surface area contributed by atoms with Gasteiger partial charge in [0.2, 0.25) is 0 Å². The smallest absolute Gasteiger partial charge is 0.349 e. The van der Waals surface area contributed by atoms with Gasteiger partial charge in [0.25, 0.3) is 0 Å². The maximum atomic E-state index is 11.1. The van der Waals surface area contributed by atoms with Crippen molar-refractivity contribution in [1.82, 2.24) is 0 Å². The van der Waals surface area contributed by atoms with E-state index in [4.69, 9.17) is 5.11 Å². The SMILES string of the molecule is CC(=O)OC(=O)c1ccccc1O.NCC(=O)O. The number of esters is 2. The Hall–Kier alpha value is -2.41. The quantitative estimate of drug-likeness (QED) is 0.506. The van der Waals surface area contributed by atoms with E-state index in [1.807, 2.05) is 0 Å². The largest absolute Gasteiger partial charge is 0.507 e. The molecular weight excluding hydrogens is 242 g/mol. The molecule has 4 N–H and O–H groups in total. The second-order valence-electron chi connectivity index (χ2n) is 3.00. The molecule has 0 unspecified atom stereocenters. The summed E-state index contributed by atoms with van der Waals surface area (Å²) >= 11 is 0. The van der Waals surface area contributed by atoms with Gasteiger partial charge in [-0.1, -0.05) is 12.1 Å². The summed E-state index contributed by atoms with van der Waals surface area (Å²) < 4.78 is 4.28. The summed E-state index contributed by atoms with van der Waals surface area (Å²) in [6.07, 6.45) is 0. The zero-order valence-electron chi connectivity index (χ0n) is 9.62. The lowest BCUT2D eigenvalue weighted by Gasteiger charge is -2.01. The Bertz CT molecular complexity index is 443. The molecule has 0 heterocycles. The topological polar surface area (TPSA) is 127 Å². The minimum Gasteiger partial charge on any atom is -0.507 e. The van der Waals surface area contributed by atoms with Gasteiger partial charge >= 0.3 is 17.9 Å². The van der Waals surface area contributed by atoms with E-state index < -0.39 is 17.9 Å². The van der Waals surface area contributed by atoms with E-state index >= 15 is 0 Å². The maximum absolute atomic E-state index is 11.1. The average Bonchev–Trinajstić information content (AvgIpc) is 2.29. The first-order valence-corrected chi connectivity index (χ1v) is 4.81. The second kappa shape index (κ2) is 7.80. The molecule has 0 aliphatic carbocycles. The molecule has 0 saturated carbocycles. The van der Waals surface area contributed by atoms with Crippen molar-refractivity contribution in [2.45, 2.75) is 6.92 Å². The summed E-state index contributed by atoms with van der Waals surface area (Å²) in [4.78, 5) is 30.7. The molecule has 0 bridgehead atoms. The highest BCUT2D eigenvalue weighted by atomic mass is 16.6. The van der Waals surface area contributed by atoms with Crippen LogP contribution in [0.2, 0.25) is 0 Å². The predicted octanol–water partition coefficient (Wildman–Crippen LogP) is 0.125. The highest BCUT2D eigenvalue weighted by Gasteiger charge is 2.12. The Labute approximate surface area is 103 Å². The molecule has 0 atom stereocenters. The van der Waals surface area contributed by atoms with Crippen molar-refractivity contribution in [3.8, 4) is 5.75 Å². The minimum absolute atomic E-state index is 0.0160. The van der Waals surface area contributed by atoms with Gasteiger partial charge in [-0.05, 0) is 12.1 Å². The van der Waals surface area contributed by atoms with Gasteiger partial charge in [-0.3, -0.25) is 9.59 Å². The average molecular weight is 255 g/mol. The molecule has 98 valence electrons. The van der Waals surface area contributed by atoms with Crippen molar-refractivity contribution in [2.75, 3.05) is 6.54 Å². The Morgan fingerprint density at radius 2 is 1.78 bits per heavy atom.